The average molecular weight is 468 g/mol. The van der Waals surface area contributed by atoms with Crippen LogP contribution >= 0.6 is 0 Å². The maximum Gasteiger partial charge on any atom is 0.341 e. The normalized spacial score (nSPS) is 15.9. The lowest BCUT2D eigenvalue weighted by Gasteiger charge is -2.37. The van der Waals surface area contributed by atoms with Crippen LogP contribution in [0.25, 0.3) is 11.1 Å². The maximum absolute atomic E-state index is 12.3. The molecule has 0 saturated carbocycles. The van der Waals surface area contributed by atoms with Gasteiger partial charge in [0.1, 0.15) is 17.3 Å². The van der Waals surface area contributed by atoms with Crippen molar-refractivity contribution in [3.63, 3.8) is 0 Å². The first-order valence-corrected chi connectivity index (χ1v) is 11.5. The molecule has 0 spiro atoms. The maximum atomic E-state index is 12.3. The van der Waals surface area contributed by atoms with Crippen molar-refractivity contribution in [2.45, 2.75) is 25.3 Å². The van der Waals surface area contributed by atoms with E-state index >= 15 is 0 Å². The first kappa shape index (κ1) is 22.8. The molecule has 1 aliphatic carbocycles. The molecule has 0 bridgehead atoms. The number of pyridine rings is 1. The third-order valence-corrected chi connectivity index (χ3v) is 6.39. The number of rotatable bonds is 8. The van der Waals surface area contributed by atoms with Crippen LogP contribution in [0.4, 0.5) is 5.82 Å². The molecule has 1 heterocycles. The van der Waals surface area contributed by atoms with Gasteiger partial charge in [0.05, 0.1) is 13.2 Å². The molecule has 0 radical (unpaired) electrons. The van der Waals surface area contributed by atoms with E-state index in [1.54, 1.807) is 31.5 Å². The molecule has 9 heteroatoms. The molecule has 2 atom stereocenters. The Balaban J connectivity index is 1.64. The molecule has 0 amide bonds. The van der Waals surface area contributed by atoms with Gasteiger partial charge in [0.25, 0.3) is 0 Å². The molecule has 1 aliphatic rings. The molecule has 2 unspecified atom stereocenters. The van der Waals surface area contributed by atoms with Crippen molar-refractivity contribution in [3.8, 4) is 22.6 Å². The topological polar surface area (TPSA) is 112 Å². The van der Waals surface area contributed by atoms with Crippen molar-refractivity contribution in [1.82, 2.24) is 4.98 Å². The predicted molar refractivity (Wildman–Crippen MR) is 123 cm³/mol. The summed E-state index contributed by atoms with van der Waals surface area (Å²) in [5, 5.41) is 8.94. The number of hydrogen-bond acceptors (Lipinski definition) is 6. The van der Waals surface area contributed by atoms with Crippen LogP contribution in [0.3, 0.4) is 0 Å². The number of fused-ring (bicyclic) bond motifs is 1. The monoisotopic (exact) mass is 467 g/mol. The molecular weight excluding hydrogens is 444 g/mol. The standard InChI is InChI=1S/C24H24N2O6S/c1-31-18-11-8-16(9-12-18)17-10-13-23(25-14-17)26(33(29)30)21-6-2-5-20-19(21)4-3-7-22(20)32-15-24(27)28/h3-4,7-14,21H,2,5-6,15H2,1H3,(H,27,28)(H,29,30)/p-1. The number of carbonyl (C=O) groups is 1. The summed E-state index contributed by atoms with van der Waals surface area (Å²) in [5.74, 6) is 0.469. The summed E-state index contributed by atoms with van der Waals surface area (Å²) in [6.07, 6.45) is 3.69. The molecule has 0 aliphatic heterocycles. The van der Waals surface area contributed by atoms with Crippen molar-refractivity contribution in [1.29, 1.82) is 0 Å². The van der Waals surface area contributed by atoms with E-state index in [0.717, 1.165) is 34.4 Å². The predicted octanol–water partition coefficient (Wildman–Crippen LogP) is 3.90. The van der Waals surface area contributed by atoms with E-state index < -0.39 is 29.9 Å². The molecule has 0 fully saturated rings. The van der Waals surface area contributed by atoms with E-state index in [-0.39, 0.29) is 0 Å². The minimum atomic E-state index is -2.56. The second kappa shape index (κ2) is 10.0. The summed E-state index contributed by atoms with van der Waals surface area (Å²) < 4.78 is 36.5. The Kier molecular flexibility index (Phi) is 6.90. The number of nitrogens with zero attached hydrogens (tertiary/aromatic N) is 2. The molecule has 4 rings (SSSR count). The summed E-state index contributed by atoms with van der Waals surface area (Å²) >= 11 is -2.56. The van der Waals surface area contributed by atoms with Gasteiger partial charge in [-0.2, -0.15) is 0 Å². The largest absolute Gasteiger partial charge is 0.755 e. The zero-order valence-corrected chi connectivity index (χ0v) is 18.8. The minimum Gasteiger partial charge on any atom is -0.755 e. The highest BCUT2D eigenvalue weighted by molar-refractivity contribution is 7.80. The van der Waals surface area contributed by atoms with Crippen LogP contribution < -0.4 is 13.8 Å². The van der Waals surface area contributed by atoms with Crippen LogP contribution in [-0.2, 0) is 22.5 Å². The second-order valence-electron chi connectivity index (χ2n) is 7.59. The van der Waals surface area contributed by atoms with Gasteiger partial charge >= 0.3 is 5.97 Å². The molecule has 2 aromatic carbocycles. The van der Waals surface area contributed by atoms with Crippen molar-refractivity contribution in [2.24, 2.45) is 0 Å². The fourth-order valence-electron chi connectivity index (χ4n) is 4.12. The van der Waals surface area contributed by atoms with Gasteiger partial charge in [-0.05, 0) is 66.3 Å². The van der Waals surface area contributed by atoms with Gasteiger partial charge in [-0.25, -0.2) is 9.78 Å². The Bertz CT molecular complexity index is 1150. The van der Waals surface area contributed by atoms with Gasteiger partial charge in [-0.15, -0.1) is 0 Å². The van der Waals surface area contributed by atoms with Gasteiger partial charge in [0.2, 0.25) is 0 Å². The summed E-state index contributed by atoms with van der Waals surface area (Å²) in [4.78, 5) is 15.4. The molecule has 172 valence electrons. The molecule has 0 saturated heterocycles. The Morgan fingerprint density at radius 1 is 1.18 bits per heavy atom. The van der Waals surface area contributed by atoms with Crippen LogP contribution in [0.5, 0.6) is 11.5 Å². The SMILES string of the molecule is COc1ccc(-c2ccc(N(C3CCCc4c(OCC(=O)O)cccc43)S(=O)[O-])nc2)cc1. The first-order chi connectivity index (χ1) is 16.0. The number of methoxy groups -OCH3 is 1. The van der Waals surface area contributed by atoms with Crippen molar-refractivity contribution in [3.05, 3.63) is 71.9 Å². The van der Waals surface area contributed by atoms with Gasteiger partial charge in [0, 0.05) is 23.0 Å². The third-order valence-electron chi connectivity index (χ3n) is 5.62. The van der Waals surface area contributed by atoms with Gasteiger partial charge in [-0.3, -0.25) is 8.51 Å². The van der Waals surface area contributed by atoms with Crippen LogP contribution in [-0.4, -0.2) is 38.5 Å². The van der Waals surface area contributed by atoms with Crippen LogP contribution in [0.2, 0.25) is 0 Å². The number of aliphatic carboxylic acids is 1. The molecule has 1 N–H and O–H groups in total. The Morgan fingerprint density at radius 3 is 2.58 bits per heavy atom. The summed E-state index contributed by atoms with van der Waals surface area (Å²) in [6, 6.07) is 15.9. The smallest absolute Gasteiger partial charge is 0.341 e. The van der Waals surface area contributed by atoms with E-state index in [4.69, 9.17) is 14.6 Å². The van der Waals surface area contributed by atoms with Crippen LogP contribution in [0.15, 0.2) is 60.8 Å². The van der Waals surface area contributed by atoms with Crippen molar-refractivity contribution >= 4 is 23.1 Å². The van der Waals surface area contributed by atoms with Crippen LogP contribution in [0.1, 0.15) is 30.0 Å². The Morgan fingerprint density at radius 2 is 1.94 bits per heavy atom. The van der Waals surface area contributed by atoms with E-state index in [1.165, 1.54) is 4.31 Å². The molecule has 3 aromatic rings. The zero-order valence-electron chi connectivity index (χ0n) is 18.0. The van der Waals surface area contributed by atoms with Crippen molar-refractivity contribution < 1.29 is 28.1 Å². The first-order valence-electron chi connectivity index (χ1n) is 10.4. The second-order valence-corrected chi connectivity index (χ2v) is 8.42. The van der Waals surface area contributed by atoms with E-state index in [9.17, 15) is 13.6 Å². The number of benzene rings is 2. The highest BCUT2D eigenvalue weighted by atomic mass is 32.2. The summed E-state index contributed by atoms with van der Waals surface area (Å²) in [6.45, 7) is -0.452. The number of aromatic nitrogens is 1. The van der Waals surface area contributed by atoms with E-state index in [2.05, 4.69) is 4.98 Å². The fourth-order valence-corrected chi connectivity index (χ4v) is 4.81. The molecular formula is C24H23N2O6S-. The summed E-state index contributed by atoms with van der Waals surface area (Å²) in [5.41, 5.74) is 3.42. The Hall–Kier alpha value is -3.43. The van der Waals surface area contributed by atoms with Crippen LogP contribution in [0, 0.1) is 0 Å². The number of carboxylic acid groups (broad SMARTS) is 1. The van der Waals surface area contributed by atoms with Gasteiger partial charge < -0.3 is 19.1 Å². The lowest BCUT2D eigenvalue weighted by molar-refractivity contribution is -0.139. The highest BCUT2D eigenvalue weighted by Gasteiger charge is 2.29. The fraction of sp³-hybridized carbons (Fsp3) is 0.250. The zero-order chi connectivity index (χ0) is 23.4. The average Bonchev–Trinajstić information content (AvgIpc) is 2.83. The van der Waals surface area contributed by atoms with Gasteiger partial charge in [0.15, 0.2) is 6.61 Å². The number of anilines is 1. The van der Waals surface area contributed by atoms with Gasteiger partial charge in [-0.1, -0.05) is 24.3 Å². The van der Waals surface area contributed by atoms with Crippen molar-refractivity contribution in [2.75, 3.05) is 18.0 Å². The Labute approximate surface area is 194 Å². The number of ether oxygens (including phenoxy) is 2. The summed E-state index contributed by atoms with van der Waals surface area (Å²) in [7, 11) is 1.60. The third kappa shape index (κ3) is 4.99. The molecule has 1 aromatic heterocycles. The molecule has 8 nitrogen and oxygen atoms in total. The number of carboxylic acids is 1. The van der Waals surface area contributed by atoms with E-state index in [0.29, 0.717) is 24.4 Å². The quantitative estimate of drug-likeness (QED) is 0.500. The van der Waals surface area contributed by atoms with E-state index in [1.807, 2.05) is 36.4 Å². The lowest BCUT2D eigenvalue weighted by Crippen LogP contribution is -2.33. The lowest BCUT2D eigenvalue weighted by atomic mass is 9.87. The minimum absolute atomic E-state index is 0.315. The highest BCUT2D eigenvalue weighted by Crippen LogP contribution is 2.40. The number of hydrogen-bond donors (Lipinski definition) is 1. The molecule has 33 heavy (non-hydrogen) atoms.